The Balaban J connectivity index is 1.75. The quantitative estimate of drug-likeness (QED) is 0.0949. The molecule has 246 valence electrons. The van der Waals surface area contributed by atoms with E-state index in [2.05, 4.69) is 6.58 Å². The Morgan fingerprint density at radius 3 is 2.07 bits per heavy atom. The first-order chi connectivity index (χ1) is 21.6. The molecule has 3 aromatic rings. The lowest BCUT2D eigenvalue weighted by molar-refractivity contribution is -0.575. The molecule has 3 atom stereocenters. The summed E-state index contributed by atoms with van der Waals surface area (Å²) in [6, 6.07) is 18.3. The Morgan fingerprint density at radius 2 is 1.54 bits per heavy atom. The van der Waals surface area contributed by atoms with Crippen molar-refractivity contribution in [1.29, 1.82) is 0 Å². The van der Waals surface area contributed by atoms with Crippen molar-refractivity contribution >= 4 is 6.09 Å². The monoisotopic (exact) mass is 650 g/mol. The topological polar surface area (TPSA) is 81.9 Å². The fourth-order valence-electron chi connectivity index (χ4n) is 5.65. The number of nitrogens with zero attached hydrogens (tertiary/aromatic N) is 2. The second kappa shape index (κ2) is 13.5. The summed E-state index contributed by atoms with van der Waals surface area (Å²) in [6.45, 7) is 3.94. The van der Waals surface area contributed by atoms with E-state index in [1.54, 1.807) is 60.7 Å². The molecule has 0 saturated carbocycles. The number of alkyl halides is 6. The number of halogens is 6. The molecule has 1 saturated heterocycles. The normalized spacial score (nSPS) is 21.0. The minimum absolute atomic E-state index is 0.0318. The molecule has 4 rings (SSSR count). The molecule has 0 unspecified atom stereocenters. The minimum atomic E-state index is -5.05. The Labute approximate surface area is 261 Å². The molecule has 13 heteroatoms. The van der Waals surface area contributed by atoms with Gasteiger partial charge in [0.25, 0.3) is 0 Å². The molecule has 0 aliphatic carbocycles. The van der Waals surface area contributed by atoms with E-state index in [1.807, 2.05) is 0 Å². The van der Waals surface area contributed by atoms with Gasteiger partial charge in [0.1, 0.15) is 6.61 Å². The lowest BCUT2D eigenvalue weighted by atomic mass is 9.74. The van der Waals surface area contributed by atoms with Crippen LogP contribution in [0.25, 0.3) is 0 Å². The lowest BCUT2D eigenvalue weighted by Crippen LogP contribution is -2.64. The van der Waals surface area contributed by atoms with Gasteiger partial charge in [-0.2, -0.15) is 26.3 Å². The highest BCUT2D eigenvalue weighted by Gasteiger charge is 2.57. The maximum Gasteiger partial charge on any atom is 0.416 e. The molecular weight excluding hydrogens is 618 g/mol. The van der Waals surface area contributed by atoms with Crippen molar-refractivity contribution in [2.45, 2.75) is 62.3 Å². The first-order valence-corrected chi connectivity index (χ1v) is 14.3. The van der Waals surface area contributed by atoms with Crippen LogP contribution < -0.4 is 0 Å². The van der Waals surface area contributed by atoms with E-state index in [1.165, 1.54) is 17.9 Å². The third-order valence-corrected chi connectivity index (χ3v) is 8.27. The maximum atomic E-state index is 13.8. The lowest BCUT2D eigenvalue weighted by Gasteiger charge is -2.50. The van der Waals surface area contributed by atoms with Crippen LogP contribution in [0.3, 0.4) is 0 Å². The van der Waals surface area contributed by atoms with Crippen LogP contribution >= 0.6 is 0 Å². The van der Waals surface area contributed by atoms with E-state index >= 15 is 0 Å². The van der Waals surface area contributed by atoms with Gasteiger partial charge in [-0.1, -0.05) is 66.7 Å². The molecule has 1 aliphatic rings. The average molecular weight is 651 g/mol. The largest absolute Gasteiger partial charge is 0.445 e. The zero-order valence-corrected chi connectivity index (χ0v) is 24.8. The van der Waals surface area contributed by atoms with Crippen LogP contribution in [0, 0.1) is 10.1 Å². The third-order valence-electron chi connectivity index (χ3n) is 8.27. The van der Waals surface area contributed by atoms with Gasteiger partial charge >= 0.3 is 18.4 Å². The summed E-state index contributed by atoms with van der Waals surface area (Å²) in [5, 5.41) is 12.4. The molecule has 0 radical (unpaired) electrons. The predicted molar refractivity (Wildman–Crippen MR) is 156 cm³/mol. The average Bonchev–Trinajstić information content (AvgIpc) is 3.02. The Morgan fingerprint density at radius 1 is 0.978 bits per heavy atom. The smallest absolute Gasteiger partial charge is 0.416 e. The Kier molecular flexibility index (Phi) is 10.1. The number of benzene rings is 3. The summed E-state index contributed by atoms with van der Waals surface area (Å²) in [5.41, 5.74) is -5.28. The zero-order chi connectivity index (χ0) is 33.8. The third kappa shape index (κ3) is 7.52. The molecule has 1 amide bonds. The van der Waals surface area contributed by atoms with Gasteiger partial charge in [0, 0.05) is 17.8 Å². The van der Waals surface area contributed by atoms with Gasteiger partial charge in [-0.15, -0.1) is 6.58 Å². The van der Waals surface area contributed by atoms with Gasteiger partial charge in [-0.05, 0) is 48.2 Å². The summed E-state index contributed by atoms with van der Waals surface area (Å²) in [7, 11) is 0. The Bertz CT molecular complexity index is 1500. The highest BCUT2D eigenvalue weighted by Crippen LogP contribution is 2.45. The number of rotatable bonds is 10. The van der Waals surface area contributed by atoms with Crippen LogP contribution in [0.1, 0.15) is 60.1 Å². The fraction of sp³-hybridized carbons (Fsp3) is 0.364. The molecule has 1 aliphatic heterocycles. The number of ether oxygens (including phenoxy) is 2. The van der Waals surface area contributed by atoms with Crippen molar-refractivity contribution in [2.24, 2.45) is 0 Å². The van der Waals surface area contributed by atoms with E-state index in [9.17, 15) is 41.3 Å². The summed E-state index contributed by atoms with van der Waals surface area (Å²) in [6.07, 6.45) is -11.1. The van der Waals surface area contributed by atoms with Crippen LogP contribution in [0.2, 0.25) is 0 Å². The summed E-state index contributed by atoms with van der Waals surface area (Å²) >= 11 is 0. The number of carbonyl (C=O) groups excluding carboxylic acids is 1. The van der Waals surface area contributed by atoms with E-state index in [0.29, 0.717) is 23.3 Å². The molecule has 0 aromatic heterocycles. The number of carbonyl (C=O) groups is 1. The van der Waals surface area contributed by atoms with Crippen molar-refractivity contribution in [3.63, 3.8) is 0 Å². The van der Waals surface area contributed by atoms with Crippen LogP contribution in [-0.2, 0) is 34.0 Å². The van der Waals surface area contributed by atoms with Gasteiger partial charge < -0.3 is 9.47 Å². The maximum absolute atomic E-state index is 13.8. The first kappa shape index (κ1) is 34.5. The molecule has 7 nitrogen and oxygen atoms in total. The van der Waals surface area contributed by atoms with E-state index in [4.69, 9.17) is 9.47 Å². The van der Waals surface area contributed by atoms with Crippen molar-refractivity contribution in [3.8, 4) is 0 Å². The van der Waals surface area contributed by atoms with Crippen molar-refractivity contribution in [1.82, 2.24) is 4.90 Å². The molecule has 1 heterocycles. The minimum Gasteiger partial charge on any atom is -0.445 e. The molecule has 46 heavy (non-hydrogen) atoms. The molecule has 0 bridgehead atoms. The van der Waals surface area contributed by atoms with Gasteiger partial charge in [0.05, 0.1) is 35.9 Å². The van der Waals surface area contributed by atoms with Crippen LogP contribution in [-0.4, -0.2) is 34.6 Å². The molecule has 0 spiro atoms. The predicted octanol–water partition coefficient (Wildman–Crippen LogP) is 8.72. The van der Waals surface area contributed by atoms with Crippen molar-refractivity contribution in [3.05, 3.63) is 129 Å². The Hall–Kier alpha value is -4.39. The summed E-state index contributed by atoms with van der Waals surface area (Å²) < 4.78 is 93.0. The number of hydrogen-bond acceptors (Lipinski definition) is 5. The standard InChI is InChI=1S/C33H32F6N2O5/c1-3-14-30(41(43)44)15-16-31(26-12-8-5-9-13-26,40(21-30)29(42)45-20-24-10-6-4-7-11-24)22-46-23(2)25-17-27(32(34,35)36)19-28(18-25)33(37,38)39/h3-13,17-19,23H,1,14-16,20-22H2,2H3/t23-,30+,31-/m1/s1. The zero-order valence-electron chi connectivity index (χ0n) is 24.8. The first-order valence-electron chi connectivity index (χ1n) is 14.3. The van der Waals surface area contributed by atoms with Gasteiger partial charge in [-0.25, -0.2) is 4.79 Å². The molecule has 3 aromatic carbocycles. The van der Waals surface area contributed by atoms with E-state index < -0.39 is 64.8 Å². The highest BCUT2D eigenvalue weighted by atomic mass is 19.4. The number of hydrogen-bond donors (Lipinski definition) is 0. The number of amides is 1. The molecular formula is C33H32F6N2O5. The van der Waals surface area contributed by atoms with Gasteiger partial charge in [0.15, 0.2) is 0 Å². The van der Waals surface area contributed by atoms with Crippen molar-refractivity contribution < 1.29 is 45.5 Å². The summed E-state index contributed by atoms with van der Waals surface area (Å²) in [4.78, 5) is 27.0. The number of nitro groups is 1. The van der Waals surface area contributed by atoms with Crippen molar-refractivity contribution in [2.75, 3.05) is 13.2 Å². The van der Waals surface area contributed by atoms with E-state index in [0.717, 1.165) is 0 Å². The van der Waals surface area contributed by atoms with Crippen LogP contribution in [0.4, 0.5) is 31.1 Å². The van der Waals surface area contributed by atoms with Crippen LogP contribution in [0.15, 0.2) is 91.5 Å². The number of piperidine rings is 1. The summed E-state index contributed by atoms with van der Waals surface area (Å²) in [5.74, 6) is 0. The van der Waals surface area contributed by atoms with Crippen LogP contribution in [0.5, 0.6) is 0 Å². The van der Waals surface area contributed by atoms with Gasteiger partial charge in [-0.3, -0.25) is 15.0 Å². The molecule has 1 fully saturated rings. The van der Waals surface area contributed by atoms with E-state index in [-0.39, 0.29) is 37.5 Å². The number of likely N-dealkylation sites (tertiary alicyclic amines) is 1. The highest BCUT2D eigenvalue weighted by molar-refractivity contribution is 5.70. The van der Waals surface area contributed by atoms with Gasteiger partial charge in [0.2, 0.25) is 5.54 Å². The fourth-order valence-corrected chi connectivity index (χ4v) is 5.65. The second-order valence-corrected chi connectivity index (χ2v) is 11.3. The second-order valence-electron chi connectivity index (χ2n) is 11.3. The molecule has 0 N–H and O–H groups in total. The SMILES string of the molecule is C=CC[C@]1([N+](=O)[O-])CC[C@@](CO[C@H](C)c2cc(C(F)(F)F)cc(C(F)(F)F)c2)(c2ccccc2)N(C(=O)OCc2ccccc2)C1.